The van der Waals surface area contributed by atoms with Crippen LogP contribution in [0.3, 0.4) is 0 Å². The molecule has 0 unspecified atom stereocenters. The van der Waals surface area contributed by atoms with Crippen molar-refractivity contribution >= 4 is 39.0 Å². The van der Waals surface area contributed by atoms with Crippen molar-refractivity contribution in [3.05, 3.63) is 15.7 Å². The fourth-order valence-electron chi connectivity index (χ4n) is 3.40. The zero-order chi connectivity index (χ0) is 14.2. The summed E-state index contributed by atoms with van der Waals surface area (Å²) in [5.41, 5.74) is 1.47. The average molecular weight is 323 g/mol. The van der Waals surface area contributed by atoms with Crippen LogP contribution in [0.15, 0.2) is 0 Å². The van der Waals surface area contributed by atoms with Gasteiger partial charge >= 0.3 is 0 Å². The number of fused-ring (bicyclic) bond motifs is 3. The van der Waals surface area contributed by atoms with Gasteiger partial charge in [-0.15, -0.1) is 11.3 Å². The third kappa shape index (κ3) is 2.62. The maximum absolute atomic E-state index is 6.14. The Morgan fingerprint density at radius 1 is 1.14 bits per heavy atom. The largest absolute Gasteiger partial charge is 0.367 e. The lowest BCUT2D eigenvalue weighted by Crippen LogP contribution is -2.35. The molecule has 0 aromatic carbocycles. The molecule has 2 aromatic rings. The number of hydrogen-bond acceptors (Lipinski definition) is 5. The Morgan fingerprint density at radius 3 is 2.81 bits per heavy atom. The van der Waals surface area contributed by atoms with Crippen LogP contribution in [0.2, 0.25) is 5.28 Å². The van der Waals surface area contributed by atoms with E-state index in [2.05, 4.69) is 20.6 Å². The number of anilines is 1. The van der Waals surface area contributed by atoms with Crippen molar-refractivity contribution in [3.63, 3.8) is 0 Å². The molecule has 4 rings (SSSR count). The van der Waals surface area contributed by atoms with E-state index in [9.17, 15) is 0 Å². The van der Waals surface area contributed by atoms with Crippen molar-refractivity contribution in [1.82, 2.24) is 15.3 Å². The highest BCUT2D eigenvalue weighted by Crippen LogP contribution is 2.39. The van der Waals surface area contributed by atoms with Crippen molar-refractivity contribution in [1.29, 1.82) is 0 Å². The van der Waals surface area contributed by atoms with Gasteiger partial charge in [0.2, 0.25) is 5.28 Å². The summed E-state index contributed by atoms with van der Waals surface area (Å²) in [7, 11) is 0. The normalized spacial score (nSPS) is 19.7. The summed E-state index contributed by atoms with van der Waals surface area (Å²) in [6.07, 6.45) is 7.17. The van der Waals surface area contributed by atoms with Crippen molar-refractivity contribution in [2.75, 3.05) is 18.4 Å². The van der Waals surface area contributed by atoms with Gasteiger partial charge in [0.15, 0.2) is 0 Å². The Labute approximate surface area is 133 Å². The topological polar surface area (TPSA) is 49.8 Å². The highest BCUT2D eigenvalue weighted by atomic mass is 35.5. The molecule has 1 aliphatic heterocycles. The lowest BCUT2D eigenvalue weighted by Gasteiger charge is -2.24. The fraction of sp³-hybridized carbons (Fsp3) is 0.600. The summed E-state index contributed by atoms with van der Waals surface area (Å²) in [5.74, 6) is 0.955. The molecule has 0 bridgehead atoms. The Hall–Kier alpha value is -0.910. The standard InChI is InChI=1S/C15H19ClN4S/c16-15-19-13(18-9-5-7-17-8-6-9)12-10-3-1-2-4-11(10)21-14(12)20-15/h9,17H,1-8H2,(H,18,19,20). The lowest BCUT2D eigenvalue weighted by molar-refractivity contribution is 0.478. The Balaban J connectivity index is 1.77. The molecule has 112 valence electrons. The molecular weight excluding hydrogens is 304 g/mol. The number of piperidine rings is 1. The summed E-state index contributed by atoms with van der Waals surface area (Å²) < 4.78 is 0. The van der Waals surface area contributed by atoms with Crippen molar-refractivity contribution < 1.29 is 0 Å². The lowest BCUT2D eigenvalue weighted by atomic mass is 9.97. The number of aromatic nitrogens is 2. The minimum absolute atomic E-state index is 0.359. The van der Waals surface area contributed by atoms with Gasteiger partial charge in [-0.1, -0.05) is 0 Å². The van der Waals surface area contributed by atoms with Gasteiger partial charge in [-0.2, -0.15) is 0 Å². The first-order valence-electron chi connectivity index (χ1n) is 7.76. The molecule has 6 heteroatoms. The molecule has 1 fully saturated rings. The van der Waals surface area contributed by atoms with Crippen LogP contribution in [0, 0.1) is 0 Å². The molecule has 1 saturated heterocycles. The molecule has 1 aliphatic carbocycles. The molecule has 21 heavy (non-hydrogen) atoms. The first-order valence-corrected chi connectivity index (χ1v) is 8.96. The van der Waals surface area contributed by atoms with E-state index in [0.29, 0.717) is 11.3 Å². The molecule has 0 spiro atoms. The molecule has 0 atom stereocenters. The molecule has 0 amide bonds. The van der Waals surface area contributed by atoms with Crippen LogP contribution < -0.4 is 10.6 Å². The average Bonchev–Trinajstić information content (AvgIpc) is 2.86. The zero-order valence-corrected chi connectivity index (χ0v) is 13.5. The smallest absolute Gasteiger partial charge is 0.225 e. The van der Waals surface area contributed by atoms with Gasteiger partial charge in [0.25, 0.3) is 0 Å². The van der Waals surface area contributed by atoms with Crippen molar-refractivity contribution in [3.8, 4) is 0 Å². The molecule has 4 nitrogen and oxygen atoms in total. The van der Waals surface area contributed by atoms with Crippen molar-refractivity contribution in [2.45, 2.75) is 44.6 Å². The number of aryl methyl sites for hydroxylation is 2. The van der Waals surface area contributed by atoms with Gasteiger partial charge in [-0.3, -0.25) is 0 Å². The van der Waals surface area contributed by atoms with E-state index >= 15 is 0 Å². The summed E-state index contributed by atoms with van der Waals surface area (Å²) >= 11 is 7.94. The highest BCUT2D eigenvalue weighted by molar-refractivity contribution is 7.19. The zero-order valence-electron chi connectivity index (χ0n) is 11.9. The summed E-state index contributed by atoms with van der Waals surface area (Å²) in [4.78, 5) is 11.5. The Kier molecular flexibility index (Phi) is 3.73. The van der Waals surface area contributed by atoms with E-state index in [-0.39, 0.29) is 0 Å². The van der Waals surface area contributed by atoms with Crippen LogP contribution >= 0.6 is 22.9 Å². The summed E-state index contributed by atoms with van der Waals surface area (Å²) in [5, 5.41) is 8.62. The maximum Gasteiger partial charge on any atom is 0.225 e. The first kappa shape index (κ1) is 13.7. The molecule has 2 aliphatic rings. The number of hydrogen-bond donors (Lipinski definition) is 2. The van der Waals surface area contributed by atoms with Crippen molar-refractivity contribution in [2.24, 2.45) is 0 Å². The third-order valence-corrected chi connectivity index (χ3v) is 5.82. The van der Waals surface area contributed by atoms with E-state index in [1.54, 1.807) is 11.3 Å². The van der Waals surface area contributed by atoms with Crippen LogP contribution in [0.5, 0.6) is 0 Å². The second kappa shape index (κ2) is 5.71. The number of nitrogens with one attached hydrogen (secondary N) is 2. The van der Waals surface area contributed by atoms with Gasteiger partial charge in [0, 0.05) is 10.9 Å². The molecule has 2 N–H and O–H groups in total. The minimum atomic E-state index is 0.359. The number of rotatable bonds is 2. The molecule has 0 radical (unpaired) electrons. The van der Waals surface area contributed by atoms with Gasteiger partial charge in [-0.25, -0.2) is 9.97 Å². The quantitative estimate of drug-likeness (QED) is 0.832. The predicted octanol–water partition coefficient (Wildman–Crippen LogP) is 3.39. The maximum atomic E-state index is 6.14. The second-order valence-corrected chi connectivity index (χ2v) is 7.32. The van der Waals surface area contributed by atoms with Crippen LogP contribution in [0.25, 0.3) is 10.2 Å². The van der Waals surface area contributed by atoms with Crippen LogP contribution in [-0.2, 0) is 12.8 Å². The summed E-state index contributed by atoms with van der Waals surface area (Å²) in [6, 6.07) is 0.486. The second-order valence-electron chi connectivity index (χ2n) is 5.90. The van der Waals surface area contributed by atoms with E-state index in [1.807, 2.05) is 0 Å². The number of nitrogens with zero attached hydrogens (tertiary/aromatic N) is 2. The van der Waals surface area contributed by atoms with Gasteiger partial charge in [0.1, 0.15) is 10.6 Å². The molecule has 0 saturated carbocycles. The molecule has 3 heterocycles. The Bertz CT molecular complexity index is 663. The fourth-order valence-corrected chi connectivity index (χ4v) is 4.88. The van der Waals surface area contributed by atoms with E-state index in [1.165, 1.54) is 35.1 Å². The van der Waals surface area contributed by atoms with Crippen LogP contribution in [0.4, 0.5) is 5.82 Å². The van der Waals surface area contributed by atoms with E-state index in [0.717, 1.165) is 43.0 Å². The SMILES string of the molecule is Clc1nc(NC2CCNCC2)c2c3c(sc2n1)CCCC3. The Morgan fingerprint density at radius 2 is 1.95 bits per heavy atom. The van der Waals surface area contributed by atoms with Crippen LogP contribution in [0.1, 0.15) is 36.1 Å². The van der Waals surface area contributed by atoms with Gasteiger partial charge < -0.3 is 10.6 Å². The first-order chi connectivity index (χ1) is 10.3. The number of halogens is 1. The highest BCUT2D eigenvalue weighted by Gasteiger charge is 2.22. The predicted molar refractivity (Wildman–Crippen MR) is 88.6 cm³/mol. The van der Waals surface area contributed by atoms with Gasteiger partial charge in [0.05, 0.1) is 5.39 Å². The van der Waals surface area contributed by atoms with E-state index in [4.69, 9.17) is 11.6 Å². The minimum Gasteiger partial charge on any atom is -0.367 e. The summed E-state index contributed by atoms with van der Waals surface area (Å²) in [6.45, 7) is 2.14. The molecular formula is C15H19ClN4S. The number of thiophene rings is 1. The monoisotopic (exact) mass is 322 g/mol. The van der Waals surface area contributed by atoms with Gasteiger partial charge in [-0.05, 0) is 68.8 Å². The third-order valence-electron chi connectivity index (χ3n) is 4.47. The van der Waals surface area contributed by atoms with Crippen LogP contribution in [-0.4, -0.2) is 29.1 Å². The molecule has 2 aromatic heterocycles. The van der Waals surface area contributed by atoms with E-state index < -0.39 is 0 Å².